The molecular weight excluding hydrogens is 706 g/mol. The summed E-state index contributed by atoms with van der Waals surface area (Å²) in [5, 5.41) is 13.6. The third-order valence-corrected chi connectivity index (χ3v) is 11.2. The van der Waals surface area contributed by atoms with Crippen LogP contribution in [0.4, 0.5) is 0 Å². The van der Waals surface area contributed by atoms with Gasteiger partial charge in [-0.25, -0.2) is 0 Å². The number of fused-ring (bicyclic) bond motifs is 1. The minimum atomic E-state index is -1.34. The number of hydrogen-bond donors (Lipinski definition) is 2. The largest absolute Gasteiger partial charge is 0.455 e. The summed E-state index contributed by atoms with van der Waals surface area (Å²) >= 11 is 3.74. The quantitative estimate of drug-likeness (QED) is 0.121. The number of rotatable bonds is 19. The van der Waals surface area contributed by atoms with Gasteiger partial charge in [-0.2, -0.15) is 0 Å². The zero-order valence-electron chi connectivity index (χ0n) is 30.0. The highest BCUT2D eigenvalue weighted by Gasteiger charge is 2.78. The molecule has 0 saturated carbocycles. The van der Waals surface area contributed by atoms with E-state index in [0.717, 1.165) is 12.8 Å². The van der Waals surface area contributed by atoms with Crippen molar-refractivity contribution in [3.63, 3.8) is 0 Å². The summed E-state index contributed by atoms with van der Waals surface area (Å²) in [6.07, 6.45) is 4.22. The molecular formula is C38H54BrN3O8. The summed E-state index contributed by atoms with van der Waals surface area (Å²) in [7, 11) is 1.50. The van der Waals surface area contributed by atoms with Gasteiger partial charge in [0.25, 0.3) is 0 Å². The van der Waals surface area contributed by atoms with E-state index in [4.69, 9.17) is 14.2 Å². The fourth-order valence-electron chi connectivity index (χ4n) is 8.08. The Morgan fingerprint density at radius 3 is 2.48 bits per heavy atom. The van der Waals surface area contributed by atoms with Crippen molar-refractivity contribution >= 4 is 39.6 Å². The van der Waals surface area contributed by atoms with Crippen molar-refractivity contribution in [1.82, 2.24) is 15.1 Å². The van der Waals surface area contributed by atoms with Crippen LogP contribution >= 0.6 is 15.9 Å². The third-order valence-electron chi connectivity index (χ3n) is 10.4. The van der Waals surface area contributed by atoms with Gasteiger partial charge in [0, 0.05) is 30.9 Å². The zero-order chi connectivity index (χ0) is 36.7. The summed E-state index contributed by atoms with van der Waals surface area (Å²) in [6.45, 7) is 15.3. The van der Waals surface area contributed by atoms with Gasteiger partial charge in [-0.1, -0.05) is 85.6 Å². The van der Waals surface area contributed by atoms with Gasteiger partial charge < -0.3 is 34.4 Å². The Bertz CT molecular complexity index is 1380. The average Bonchev–Trinajstić information content (AvgIpc) is 3.68. The molecule has 12 heteroatoms. The molecule has 3 aliphatic rings. The van der Waals surface area contributed by atoms with E-state index in [1.54, 1.807) is 29.2 Å². The lowest BCUT2D eigenvalue weighted by atomic mass is 9.70. The second-order valence-electron chi connectivity index (χ2n) is 14.0. The number of carbonyl (C=O) groups is 4. The normalized spacial score (nSPS) is 27.7. The Hall–Kier alpha value is -3.06. The van der Waals surface area contributed by atoms with Crippen LogP contribution in [-0.4, -0.2) is 106 Å². The van der Waals surface area contributed by atoms with Crippen LogP contribution in [0.3, 0.4) is 0 Å². The fraction of sp³-hybridized carbons (Fsp3) is 0.632. The van der Waals surface area contributed by atoms with E-state index in [0.29, 0.717) is 18.4 Å². The van der Waals surface area contributed by atoms with Crippen LogP contribution < -0.4 is 5.32 Å². The molecule has 4 rings (SSSR count). The van der Waals surface area contributed by atoms with Gasteiger partial charge in [-0.15, -0.1) is 13.2 Å². The number of carbonyl (C=O) groups excluding carboxylic acids is 4. The highest BCUT2D eigenvalue weighted by molar-refractivity contribution is 9.09. The first-order valence-corrected chi connectivity index (χ1v) is 18.6. The molecule has 2 bridgehead atoms. The molecule has 0 aliphatic carbocycles. The number of ether oxygens (including phenoxy) is 3. The summed E-state index contributed by atoms with van der Waals surface area (Å²) in [6, 6.07) is 6.43. The summed E-state index contributed by atoms with van der Waals surface area (Å²) < 4.78 is 18.5. The number of nitrogens with one attached hydrogen (secondary N) is 1. The summed E-state index contributed by atoms with van der Waals surface area (Å²) in [5.41, 5.74) is -0.698. The van der Waals surface area contributed by atoms with Gasteiger partial charge in [0.1, 0.15) is 17.7 Å². The molecule has 10 atom stereocenters. The number of amides is 3. The van der Waals surface area contributed by atoms with Crippen molar-refractivity contribution in [2.24, 2.45) is 17.8 Å². The zero-order valence-corrected chi connectivity index (χ0v) is 31.5. The van der Waals surface area contributed by atoms with Gasteiger partial charge in [0.05, 0.1) is 43.2 Å². The maximum absolute atomic E-state index is 14.8. The number of hydrogen-bond acceptors (Lipinski definition) is 8. The minimum Gasteiger partial charge on any atom is -0.455 e. The summed E-state index contributed by atoms with van der Waals surface area (Å²) in [5.74, 6) is -3.90. The number of halogens is 1. The van der Waals surface area contributed by atoms with E-state index in [1.165, 1.54) is 12.0 Å². The number of esters is 1. The maximum atomic E-state index is 14.8. The van der Waals surface area contributed by atoms with Crippen LogP contribution in [0.2, 0.25) is 0 Å². The van der Waals surface area contributed by atoms with E-state index >= 15 is 0 Å². The molecule has 3 fully saturated rings. The molecule has 2 N–H and O–H groups in total. The first-order valence-electron chi connectivity index (χ1n) is 17.7. The molecule has 3 saturated heterocycles. The molecule has 0 aromatic heterocycles. The molecule has 276 valence electrons. The lowest BCUT2D eigenvalue weighted by Gasteiger charge is -2.41. The van der Waals surface area contributed by atoms with Crippen molar-refractivity contribution < 1.29 is 38.5 Å². The Balaban J connectivity index is 1.77. The van der Waals surface area contributed by atoms with Gasteiger partial charge in [0.2, 0.25) is 17.7 Å². The molecule has 3 aliphatic heterocycles. The number of aliphatic hydroxyl groups excluding tert-OH is 1. The van der Waals surface area contributed by atoms with Gasteiger partial charge in [-0.3, -0.25) is 19.2 Å². The van der Waals surface area contributed by atoms with Crippen LogP contribution in [0, 0.1) is 17.8 Å². The molecule has 1 aromatic carbocycles. The van der Waals surface area contributed by atoms with Gasteiger partial charge in [0.15, 0.2) is 0 Å². The molecule has 50 heavy (non-hydrogen) atoms. The standard InChI is InChI=1S/C38H54BrN3O8/c1-8-11-18-29(44)40-27(22-48-7)32(25-16-13-12-14-17-25)49-37(47)30-31-35(45)42(28(21-43)23(4)5)34(38(31)20-26(39)33(30)50-38)36(46)41(19-10-3)24(6)15-9-2/h8,10,12-14,16-17,23-24,26-28,30-34,43H,1,3,9,11,15,18-22H2,2,4-7H3,(H,40,44)/t24?,26?,27-,28+,30-,31+,32-,33-,34-,38+/m1/s1. The lowest BCUT2D eigenvalue weighted by molar-refractivity contribution is -0.163. The average molecular weight is 761 g/mol. The SMILES string of the molecule is C=CCCC(=O)N[C@H](COC)[C@H](OC(=O)[C@H]1[C@@H]2O[C@@]3(CC2Br)[C@@H]1C(=O)N([C@@H](CO)C(C)C)[C@@H]3C(=O)N(CC=C)C(C)CCC)c1ccccc1. The van der Waals surface area contributed by atoms with Crippen molar-refractivity contribution in [1.29, 1.82) is 0 Å². The van der Waals surface area contributed by atoms with Crippen LogP contribution in [0.25, 0.3) is 0 Å². The van der Waals surface area contributed by atoms with Crippen LogP contribution in [-0.2, 0) is 33.4 Å². The number of allylic oxidation sites excluding steroid dienone is 1. The fourth-order valence-corrected chi connectivity index (χ4v) is 9.02. The third kappa shape index (κ3) is 7.73. The Kier molecular flexibility index (Phi) is 13.9. The van der Waals surface area contributed by atoms with Crippen LogP contribution in [0.5, 0.6) is 0 Å². The Morgan fingerprint density at radius 1 is 1.20 bits per heavy atom. The topological polar surface area (TPSA) is 135 Å². The highest BCUT2D eigenvalue weighted by atomic mass is 79.9. The number of likely N-dealkylation sites (tertiary alicyclic amines) is 1. The van der Waals surface area contributed by atoms with Gasteiger partial charge in [-0.05, 0) is 37.7 Å². The monoisotopic (exact) mass is 759 g/mol. The number of alkyl halides is 1. The van der Waals surface area contributed by atoms with E-state index in [9.17, 15) is 24.3 Å². The number of benzene rings is 1. The summed E-state index contributed by atoms with van der Waals surface area (Å²) in [4.78, 5) is 59.9. The molecule has 11 nitrogen and oxygen atoms in total. The van der Waals surface area contributed by atoms with Crippen LogP contribution in [0.1, 0.15) is 71.5 Å². The van der Waals surface area contributed by atoms with Crippen molar-refractivity contribution in [3.8, 4) is 0 Å². The first kappa shape index (κ1) is 39.7. The van der Waals surface area contributed by atoms with Crippen molar-refractivity contribution in [2.75, 3.05) is 26.9 Å². The van der Waals surface area contributed by atoms with Crippen molar-refractivity contribution in [3.05, 3.63) is 61.2 Å². The number of nitrogens with zero attached hydrogens (tertiary/aromatic N) is 2. The molecule has 1 spiro atoms. The first-order chi connectivity index (χ1) is 23.9. The maximum Gasteiger partial charge on any atom is 0.313 e. The van der Waals surface area contributed by atoms with E-state index in [1.807, 2.05) is 45.9 Å². The predicted molar refractivity (Wildman–Crippen MR) is 193 cm³/mol. The van der Waals surface area contributed by atoms with E-state index in [-0.39, 0.29) is 54.8 Å². The Labute approximate surface area is 304 Å². The Morgan fingerprint density at radius 2 is 1.90 bits per heavy atom. The molecule has 3 heterocycles. The molecule has 3 amide bonds. The second kappa shape index (κ2) is 17.4. The number of aliphatic hydroxyl groups is 1. The lowest BCUT2D eigenvalue weighted by Crippen LogP contribution is -2.61. The smallest absolute Gasteiger partial charge is 0.313 e. The predicted octanol–water partition coefficient (Wildman–Crippen LogP) is 4.34. The van der Waals surface area contributed by atoms with E-state index < -0.39 is 59.6 Å². The number of methoxy groups -OCH3 is 1. The molecule has 2 unspecified atom stereocenters. The van der Waals surface area contributed by atoms with Gasteiger partial charge >= 0.3 is 5.97 Å². The van der Waals surface area contributed by atoms with E-state index in [2.05, 4.69) is 34.4 Å². The highest BCUT2D eigenvalue weighted by Crippen LogP contribution is 2.61. The minimum absolute atomic E-state index is 0.0522. The molecule has 0 radical (unpaired) electrons. The van der Waals surface area contributed by atoms with Crippen LogP contribution in [0.15, 0.2) is 55.6 Å². The second-order valence-corrected chi connectivity index (χ2v) is 15.2. The molecule has 1 aromatic rings. The van der Waals surface area contributed by atoms with Crippen molar-refractivity contribution in [2.45, 2.75) is 107 Å².